The molecular formula is C13H21N5O. The smallest absolute Gasteiger partial charge is 0.244 e. The predicted molar refractivity (Wildman–Crippen MR) is 75.3 cm³/mol. The molecule has 19 heavy (non-hydrogen) atoms. The van der Waals surface area contributed by atoms with Gasteiger partial charge in [0, 0.05) is 33.1 Å². The Morgan fingerprint density at radius 3 is 2.53 bits per heavy atom. The Kier molecular flexibility index (Phi) is 3.87. The molecule has 1 aliphatic rings. The summed E-state index contributed by atoms with van der Waals surface area (Å²) in [5.41, 5.74) is 0. The molecular weight excluding hydrogens is 242 g/mol. The summed E-state index contributed by atoms with van der Waals surface area (Å²) in [6.07, 6.45) is 2.30. The van der Waals surface area contributed by atoms with E-state index in [0.29, 0.717) is 11.7 Å². The number of nitrogens with one attached hydrogen (secondary N) is 2. The molecule has 6 nitrogen and oxygen atoms in total. The molecule has 1 aromatic rings. The van der Waals surface area contributed by atoms with Gasteiger partial charge in [-0.05, 0) is 19.8 Å². The van der Waals surface area contributed by atoms with Gasteiger partial charge in [0.1, 0.15) is 23.5 Å². The number of hydrogen-bond acceptors (Lipinski definition) is 5. The molecule has 2 rings (SSSR count). The molecule has 1 atom stereocenters. The Labute approximate surface area is 113 Å². The van der Waals surface area contributed by atoms with E-state index in [1.165, 1.54) is 0 Å². The van der Waals surface area contributed by atoms with Crippen molar-refractivity contribution in [2.24, 2.45) is 0 Å². The van der Waals surface area contributed by atoms with E-state index < -0.39 is 0 Å². The van der Waals surface area contributed by atoms with Gasteiger partial charge in [0.05, 0.1) is 0 Å². The number of rotatable bonds is 5. The molecule has 0 spiro atoms. The number of nitrogens with zero attached hydrogens (tertiary/aromatic N) is 3. The zero-order valence-corrected chi connectivity index (χ0v) is 11.9. The van der Waals surface area contributed by atoms with E-state index >= 15 is 0 Å². The van der Waals surface area contributed by atoms with Crippen LogP contribution in [0.1, 0.15) is 31.5 Å². The van der Waals surface area contributed by atoms with Gasteiger partial charge >= 0.3 is 0 Å². The molecule has 1 aliphatic carbocycles. The maximum atomic E-state index is 11.8. The normalized spacial score (nSPS) is 15.8. The fraction of sp³-hybridized carbons (Fsp3) is 0.615. The maximum Gasteiger partial charge on any atom is 0.244 e. The van der Waals surface area contributed by atoms with Crippen LogP contribution in [-0.2, 0) is 4.79 Å². The highest BCUT2D eigenvalue weighted by atomic mass is 16.2. The van der Waals surface area contributed by atoms with Crippen molar-refractivity contribution in [1.29, 1.82) is 0 Å². The maximum absolute atomic E-state index is 11.8. The van der Waals surface area contributed by atoms with Gasteiger partial charge in [0.25, 0.3) is 0 Å². The average molecular weight is 263 g/mol. The van der Waals surface area contributed by atoms with E-state index in [-0.39, 0.29) is 11.9 Å². The minimum atomic E-state index is -0.304. The zero-order chi connectivity index (χ0) is 14.0. The summed E-state index contributed by atoms with van der Waals surface area (Å²) < 4.78 is 0. The van der Waals surface area contributed by atoms with E-state index in [2.05, 4.69) is 20.6 Å². The second kappa shape index (κ2) is 5.42. The fourth-order valence-corrected chi connectivity index (χ4v) is 1.86. The Hall–Kier alpha value is -1.85. The van der Waals surface area contributed by atoms with Crippen molar-refractivity contribution in [3.8, 4) is 0 Å². The summed E-state index contributed by atoms with van der Waals surface area (Å²) in [4.78, 5) is 22.3. The van der Waals surface area contributed by atoms with Crippen LogP contribution in [0.5, 0.6) is 0 Å². The van der Waals surface area contributed by atoms with Crippen LogP contribution in [-0.4, -0.2) is 48.0 Å². The van der Waals surface area contributed by atoms with E-state index in [1.54, 1.807) is 19.0 Å². The molecule has 2 N–H and O–H groups in total. The first-order valence-corrected chi connectivity index (χ1v) is 6.55. The number of likely N-dealkylation sites (N-methyl/N-ethyl adjacent to an activating group) is 1. The van der Waals surface area contributed by atoms with Gasteiger partial charge in [-0.3, -0.25) is 4.79 Å². The standard InChI is InChI=1S/C13H21N5O/c1-8(13(19)18(3)4)15-11-7-10(14-2)16-12(17-11)9-5-6-9/h7-9H,5-6H2,1-4H3,(H2,14,15,16,17). The monoisotopic (exact) mass is 263 g/mol. The molecule has 1 amide bonds. The number of carbonyl (C=O) groups excluding carboxylic acids is 1. The molecule has 0 bridgehead atoms. The van der Waals surface area contributed by atoms with Gasteiger partial charge in [0.15, 0.2) is 0 Å². The highest BCUT2D eigenvalue weighted by Gasteiger charge is 2.27. The van der Waals surface area contributed by atoms with E-state index in [0.717, 1.165) is 24.5 Å². The molecule has 1 heterocycles. The number of anilines is 2. The molecule has 104 valence electrons. The van der Waals surface area contributed by atoms with Crippen molar-refractivity contribution in [3.63, 3.8) is 0 Å². The third-order valence-electron chi connectivity index (χ3n) is 3.12. The lowest BCUT2D eigenvalue weighted by atomic mass is 10.3. The molecule has 1 fully saturated rings. The summed E-state index contributed by atoms with van der Waals surface area (Å²) in [6, 6.07) is 1.52. The molecule has 0 saturated heterocycles. The second-order valence-electron chi connectivity index (χ2n) is 5.12. The van der Waals surface area contributed by atoms with Crippen molar-refractivity contribution < 1.29 is 4.79 Å². The number of hydrogen-bond donors (Lipinski definition) is 2. The first-order chi connectivity index (χ1) is 9.01. The van der Waals surface area contributed by atoms with Crippen LogP contribution in [0.2, 0.25) is 0 Å². The zero-order valence-electron chi connectivity index (χ0n) is 11.9. The minimum Gasteiger partial charge on any atom is -0.373 e. The summed E-state index contributed by atoms with van der Waals surface area (Å²) in [5.74, 6) is 2.85. The number of amides is 1. The van der Waals surface area contributed by atoms with Gasteiger partial charge in [-0.1, -0.05) is 0 Å². The highest BCUT2D eigenvalue weighted by Crippen LogP contribution is 2.38. The van der Waals surface area contributed by atoms with Crippen molar-refractivity contribution in [1.82, 2.24) is 14.9 Å². The Morgan fingerprint density at radius 1 is 1.37 bits per heavy atom. The summed E-state index contributed by atoms with van der Waals surface area (Å²) in [6.45, 7) is 1.83. The van der Waals surface area contributed by atoms with Gasteiger partial charge in [-0.25, -0.2) is 9.97 Å². The lowest BCUT2D eigenvalue weighted by Crippen LogP contribution is -2.36. The molecule has 0 radical (unpaired) electrons. The van der Waals surface area contributed by atoms with Gasteiger partial charge in [-0.2, -0.15) is 0 Å². The van der Waals surface area contributed by atoms with Crippen LogP contribution < -0.4 is 10.6 Å². The molecule has 6 heteroatoms. The number of carbonyl (C=O) groups is 1. The quantitative estimate of drug-likeness (QED) is 0.837. The SMILES string of the molecule is CNc1cc(NC(C)C(=O)N(C)C)nc(C2CC2)n1. The first kappa shape index (κ1) is 13.6. The second-order valence-corrected chi connectivity index (χ2v) is 5.12. The van der Waals surface area contributed by atoms with Crippen LogP contribution in [0, 0.1) is 0 Å². The predicted octanol–water partition coefficient (Wildman–Crippen LogP) is 1.28. The largest absolute Gasteiger partial charge is 0.373 e. The van der Waals surface area contributed by atoms with Crippen LogP contribution in [0.15, 0.2) is 6.07 Å². The Bertz CT molecular complexity index is 470. The molecule has 1 saturated carbocycles. The lowest BCUT2D eigenvalue weighted by Gasteiger charge is -2.19. The van der Waals surface area contributed by atoms with E-state index in [9.17, 15) is 4.79 Å². The third kappa shape index (κ3) is 3.33. The van der Waals surface area contributed by atoms with Gasteiger partial charge in [-0.15, -0.1) is 0 Å². The number of aromatic nitrogens is 2. The summed E-state index contributed by atoms with van der Waals surface area (Å²) in [5, 5.41) is 6.17. The minimum absolute atomic E-state index is 0.0255. The van der Waals surface area contributed by atoms with Gasteiger partial charge in [0.2, 0.25) is 5.91 Å². The molecule has 1 aromatic heterocycles. The van der Waals surface area contributed by atoms with E-state index in [1.807, 2.05) is 20.0 Å². The summed E-state index contributed by atoms with van der Waals surface area (Å²) in [7, 11) is 5.32. The Morgan fingerprint density at radius 2 is 2.00 bits per heavy atom. The van der Waals surface area contributed by atoms with Crippen LogP contribution in [0.3, 0.4) is 0 Å². The topological polar surface area (TPSA) is 70.2 Å². The lowest BCUT2D eigenvalue weighted by molar-refractivity contribution is -0.129. The fourth-order valence-electron chi connectivity index (χ4n) is 1.86. The third-order valence-corrected chi connectivity index (χ3v) is 3.12. The first-order valence-electron chi connectivity index (χ1n) is 6.55. The van der Waals surface area contributed by atoms with Gasteiger partial charge < -0.3 is 15.5 Å². The van der Waals surface area contributed by atoms with Crippen molar-refractivity contribution >= 4 is 17.5 Å². The molecule has 0 aromatic carbocycles. The van der Waals surface area contributed by atoms with Crippen molar-refractivity contribution in [2.45, 2.75) is 31.7 Å². The highest BCUT2D eigenvalue weighted by molar-refractivity contribution is 5.83. The van der Waals surface area contributed by atoms with Crippen LogP contribution >= 0.6 is 0 Å². The average Bonchev–Trinajstić information content (AvgIpc) is 3.21. The molecule has 0 aliphatic heterocycles. The van der Waals surface area contributed by atoms with Crippen LogP contribution in [0.25, 0.3) is 0 Å². The summed E-state index contributed by atoms with van der Waals surface area (Å²) >= 11 is 0. The molecule has 1 unspecified atom stereocenters. The van der Waals surface area contributed by atoms with Crippen LogP contribution in [0.4, 0.5) is 11.6 Å². The van der Waals surface area contributed by atoms with Crippen molar-refractivity contribution in [2.75, 3.05) is 31.8 Å². The van der Waals surface area contributed by atoms with E-state index in [4.69, 9.17) is 0 Å². The van der Waals surface area contributed by atoms with Crippen molar-refractivity contribution in [3.05, 3.63) is 11.9 Å². The Balaban J connectivity index is 2.14.